The fourth-order valence-electron chi connectivity index (χ4n) is 3.53. The Morgan fingerprint density at radius 1 is 1.34 bits per heavy atom. The number of nitrogens with one attached hydrogen (secondary N) is 2. The normalized spacial score (nSPS) is 13.6. The number of fused-ring (bicyclic) bond motifs is 1. The minimum absolute atomic E-state index is 0.104. The number of aliphatic hydroxyl groups excluding tert-OH is 1. The van der Waals surface area contributed by atoms with Gasteiger partial charge in [-0.05, 0) is 43.0 Å². The van der Waals surface area contributed by atoms with Crippen LogP contribution in [0.25, 0.3) is 22.2 Å². The van der Waals surface area contributed by atoms with E-state index in [-0.39, 0.29) is 18.6 Å². The molecular weight excluding hydrogens is 366 g/mol. The van der Waals surface area contributed by atoms with Crippen LogP contribution in [0.1, 0.15) is 48.5 Å². The first kappa shape index (κ1) is 19.4. The highest BCUT2D eigenvalue weighted by Gasteiger charge is 2.26. The van der Waals surface area contributed by atoms with Crippen LogP contribution in [0.2, 0.25) is 0 Å². The van der Waals surface area contributed by atoms with E-state index in [9.17, 15) is 9.90 Å². The minimum Gasteiger partial charge on any atom is -0.392 e. The first-order chi connectivity index (χ1) is 14.1. The van der Waals surface area contributed by atoms with Crippen LogP contribution < -0.4 is 10.6 Å². The van der Waals surface area contributed by atoms with Gasteiger partial charge in [0.05, 0.1) is 29.1 Å². The summed E-state index contributed by atoms with van der Waals surface area (Å²) >= 11 is 0. The quantitative estimate of drug-likeness (QED) is 0.546. The van der Waals surface area contributed by atoms with Crippen LogP contribution >= 0.6 is 0 Å². The second-order valence-electron chi connectivity index (χ2n) is 7.55. The van der Waals surface area contributed by atoms with E-state index in [1.54, 1.807) is 6.20 Å². The van der Waals surface area contributed by atoms with Crippen LogP contribution in [0.4, 0.5) is 5.69 Å². The third kappa shape index (κ3) is 3.96. The summed E-state index contributed by atoms with van der Waals surface area (Å²) < 4.78 is 1.93. The first-order valence-electron chi connectivity index (χ1n) is 10.2. The van der Waals surface area contributed by atoms with E-state index in [0.29, 0.717) is 5.56 Å². The fraction of sp³-hybridized carbons (Fsp3) is 0.409. The number of rotatable bonds is 8. The topological polar surface area (TPSA) is 92.1 Å². The molecule has 0 bridgehead atoms. The number of anilines is 1. The highest BCUT2D eigenvalue weighted by molar-refractivity contribution is 6.08. The van der Waals surface area contributed by atoms with E-state index in [2.05, 4.69) is 27.6 Å². The zero-order chi connectivity index (χ0) is 20.4. The van der Waals surface area contributed by atoms with Gasteiger partial charge >= 0.3 is 0 Å². The molecule has 1 aliphatic carbocycles. The van der Waals surface area contributed by atoms with Crippen LogP contribution in [0.5, 0.6) is 0 Å². The van der Waals surface area contributed by atoms with Gasteiger partial charge in [-0.25, -0.2) is 0 Å². The van der Waals surface area contributed by atoms with Crippen molar-refractivity contribution in [3.63, 3.8) is 0 Å². The molecule has 1 fully saturated rings. The number of carbonyl (C=O) groups excluding carboxylic acids is 1. The zero-order valence-corrected chi connectivity index (χ0v) is 16.9. The molecule has 3 N–H and O–H groups in total. The van der Waals surface area contributed by atoms with Crippen molar-refractivity contribution in [3.8, 4) is 11.3 Å². The number of carbonyl (C=O) groups is 1. The Hall–Kier alpha value is -2.93. The summed E-state index contributed by atoms with van der Waals surface area (Å²) in [6.07, 6.45) is 7.81. The van der Waals surface area contributed by atoms with Gasteiger partial charge in [-0.2, -0.15) is 5.10 Å². The number of unbranched alkanes of at least 4 members (excludes halogenated alkanes) is 1. The molecule has 152 valence electrons. The molecule has 1 aliphatic rings. The van der Waals surface area contributed by atoms with Crippen LogP contribution in [0.3, 0.4) is 0 Å². The molecule has 1 amide bonds. The number of aromatic nitrogens is 3. The van der Waals surface area contributed by atoms with Crippen molar-refractivity contribution in [3.05, 3.63) is 41.7 Å². The Morgan fingerprint density at radius 3 is 2.86 bits per heavy atom. The predicted molar refractivity (Wildman–Crippen MR) is 114 cm³/mol. The van der Waals surface area contributed by atoms with Gasteiger partial charge in [0.1, 0.15) is 0 Å². The largest absolute Gasteiger partial charge is 0.392 e. The van der Waals surface area contributed by atoms with Gasteiger partial charge in [0.25, 0.3) is 5.91 Å². The van der Waals surface area contributed by atoms with E-state index in [4.69, 9.17) is 0 Å². The molecule has 4 rings (SSSR count). The Kier molecular flexibility index (Phi) is 5.49. The summed E-state index contributed by atoms with van der Waals surface area (Å²) in [7, 11) is 1.81. The molecule has 2 aromatic heterocycles. The molecule has 1 aromatic carbocycles. The van der Waals surface area contributed by atoms with Crippen LogP contribution in [-0.4, -0.2) is 38.9 Å². The number of amides is 1. The molecule has 0 unspecified atom stereocenters. The van der Waals surface area contributed by atoms with Crippen molar-refractivity contribution >= 4 is 22.5 Å². The van der Waals surface area contributed by atoms with Crippen molar-refractivity contribution in [2.75, 3.05) is 12.4 Å². The summed E-state index contributed by atoms with van der Waals surface area (Å²) in [6.45, 7) is 2.92. The van der Waals surface area contributed by atoms with E-state index < -0.39 is 0 Å². The highest BCUT2D eigenvalue weighted by Crippen LogP contribution is 2.33. The van der Waals surface area contributed by atoms with Gasteiger partial charge in [0.15, 0.2) is 0 Å². The second-order valence-corrected chi connectivity index (χ2v) is 7.55. The molecule has 1 saturated carbocycles. The van der Waals surface area contributed by atoms with Crippen molar-refractivity contribution in [2.45, 2.75) is 51.8 Å². The maximum Gasteiger partial charge on any atom is 0.255 e. The molecule has 29 heavy (non-hydrogen) atoms. The summed E-state index contributed by atoms with van der Waals surface area (Å²) in [4.78, 5) is 17.1. The molecule has 0 radical (unpaired) electrons. The van der Waals surface area contributed by atoms with E-state index in [0.717, 1.165) is 65.6 Å². The molecule has 0 spiro atoms. The number of aryl methyl sites for hydroxylation is 1. The number of pyridine rings is 1. The fourth-order valence-corrected chi connectivity index (χ4v) is 3.53. The Morgan fingerprint density at radius 2 is 2.17 bits per heavy atom. The van der Waals surface area contributed by atoms with Gasteiger partial charge in [0, 0.05) is 43.0 Å². The second kappa shape index (κ2) is 8.21. The first-order valence-corrected chi connectivity index (χ1v) is 10.2. The number of hydrogen-bond donors (Lipinski definition) is 3. The average Bonchev–Trinajstić information content (AvgIpc) is 3.43. The highest BCUT2D eigenvalue weighted by atomic mass is 16.3. The van der Waals surface area contributed by atoms with Crippen LogP contribution in [0.15, 0.2) is 30.6 Å². The monoisotopic (exact) mass is 393 g/mol. The molecule has 3 aromatic rings. The van der Waals surface area contributed by atoms with Gasteiger partial charge in [0.2, 0.25) is 0 Å². The molecule has 0 aliphatic heterocycles. The minimum atomic E-state index is -0.108. The van der Waals surface area contributed by atoms with Crippen molar-refractivity contribution in [1.29, 1.82) is 0 Å². The summed E-state index contributed by atoms with van der Waals surface area (Å²) in [5, 5.41) is 21.6. The molecule has 7 heteroatoms. The predicted octanol–water partition coefficient (Wildman–Crippen LogP) is 3.32. The maximum absolute atomic E-state index is 12.7. The Balaban J connectivity index is 1.79. The standard InChI is InChI=1S/C22H27N5O2/c1-3-4-8-27-9-7-19(26-27)16-11-17-20(10-14(16)13-28)24-12-18(21(17)23-2)22(29)25-15-5-6-15/h7,9-12,15,28H,3-6,8,13H2,1-2H3,(H,23,24)(H,25,29). The molecule has 2 heterocycles. The lowest BCUT2D eigenvalue weighted by molar-refractivity contribution is 0.0951. The molecule has 0 saturated heterocycles. The number of nitrogens with zero attached hydrogens (tertiary/aromatic N) is 3. The molecule has 0 atom stereocenters. The Bertz CT molecular complexity index is 1040. The van der Waals surface area contributed by atoms with Crippen molar-refractivity contribution in [2.24, 2.45) is 0 Å². The molecular formula is C22H27N5O2. The average molecular weight is 393 g/mol. The van der Waals surface area contributed by atoms with Crippen LogP contribution in [-0.2, 0) is 13.2 Å². The van der Waals surface area contributed by atoms with Gasteiger partial charge in [-0.15, -0.1) is 0 Å². The van der Waals surface area contributed by atoms with Gasteiger partial charge < -0.3 is 15.7 Å². The van der Waals surface area contributed by atoms with E-state index in [1.807, 2.05) is 36.1 Å². The zero-order valence-electron chi connectivity index (χ0n) is 16.9. The van der Waals surface area contributed by atoms with Crippen molar-refractivity contribution in [1.82, 2.24) is 20.1 Å². The maximum atomic E-state index is 12.7. The smallest absolute Gasteiger partial charge is 0.255 e. The van der Waals surface area contributed by atoms with Gasteiger partial charge in [-0.3, -0.25) is 14.5 Å². The lowest BCUT2D eigenvalue weighted by Crippen LogP contribution is -2.26. The summed E-state index contributed by atoms with van der Waals surface area (Å²) in [6, 6.07) is 6.09. The summed E-state index contributed by atoms with van der Waals surface area (Å²) in [5.41, 5.74) is 4.43. The van der Waals surface area contributed by atoms with Crippen molar-refractivity contribution < 1.29 is 9.90 Å². The van der Waals surface area contributed by atoms with E-state index >= 15 is 0 Å². The third-order valence-electron chi connectivity index (χ3n) is 5.33. The number of hydrogen-bond acceptors (Lipinski definition) is 5. The van der Waals surface area contributed by atoms with Gasteiger partial charge in [-0.1, -0.05) is 13.3 Å². The SMILES string of the molecule is CCCCn1ccc(-c2cc3c(NC)c(C(=O)NC4CC4)cnc3cc2CO)n1. The van der Waals surface area contributed by atoms with E-state index in [1.165, 1.54) is 0 Å². The summed E-state index contributed by atoms with van der Waals surface area (Å²) in [5.74, 6) is -0.108. The number of benzene rings is 1. The molecule has 7 nitrogen and oxygen atoms in total. The lowest BCUT2D eigenvalue weighted by Gasteiger charge is -2.14. The lowest BCUT2D eigenvalue weighted by atomic mass is 9.99. The Labute approximate surface area is 170 Å². The third-order valence-corrected chi connectivity index (χ3v) is 5.33. The van der Waals surface area contributed by atoms with Crippen LogP contribution in [0, 0.1) is 0 Å². The number of aliphatic hydroxyl groups is 1.